The number of imidazole rings is 1. The maximum Gasteiger partial charge on any atom is 0.207 e. The molecule has 0 saturated heterocycles. The van der Waals surface area contributed by atoms with Gasteiger partial charge in [-0.25, -0.2) is 9.37 Å². The van der Waals surface area contributed by atoms with Crippen molar-refractivity contribution in [3.63, 3.8) is 0 Å². The lowest BCUT2D eigenvalue weighted by atomic mass is 10.2. The Kier molecular flexibility index (Phi) is 3.94. The molecule has 0 spiro atoms. The number of benzene rings is 1. The van der Waals surface area contributed by atoms with E-state index in [1.165, 1.54) is 6.07 Å². The molecule has 5 heteroatoms. The summed E-state index contributed by atoms with van der Waals surface area (Å²) < 4.78 is 20.5. The van der Waals surface area contributed by atoms with Crippen LogP contribution in [0.25, 0.3) is 5.69 Å². The summed E-state index contributed by atoms with van der Waals surface area (Å²) in [5.74, 6) is 0.345. The molecular weight excluding hydrogens is 233 g/mol. The number of nitrogens with one attached hydrogen (secondary N) is 1. The molecule has 0 amide bonds. The van der Waals surface area contributed by atoms with Gasteiger partial charge in [0.05, 0.1) is 12.3 Å². The van der Waals surface area contributed by atoms with Crippen molar-refractivity contribution < 1.29 is 9.13 Å². The van der Waals surface area contributed by atoms with Crippen LogP contribution in [0.1, 0.15) is 5.56 Å². The van der Waals surface area contributed by atoms with Crippen molar-refractivity contribution >= 4 is 5.95 Å². The highest BCUT2D eigenvalue weighted by atomic mass is 19.1. The first-order valence-corrected chi connectivity index (χ1v) is 5.75. The van der Waals surface area contributed by atoms with Crippen LogP contribution in [0.5, 0.6) is 0 Å². The van der Waals surface area contributed by atoms with Crippen LogP contribution in [0, 0.1) is 12.7 Å². The average molecular weight is 249 g/mol. The minimum Gasteiger partial charge on any atom is -0.383 e. The molecule has 0 fully saturated rings. The monoisotopic (exact) mass is 249 g/mol. The van der Waals surface area contributed by atoms with Crippen molar-refractivity contribution in [1.82, 2.24) is 9.55 Å². The summed E-state index contributed by atoms with van der Waals surface area (Å²) in [7, 11) is 1.63. The maximum atomic E-state index is 13.9. The molecule has 0 unspecified atom stereocenters. The standard InChI is InChI=1S/C13H16FN3O/c1-10-3-4-12(11(14)9-10)17-7-5-15-13(17)16-6-8-18-2/h3-5,7,9H,6,8H2,1-2H3,(H,15,16). The molecule has 1 heterocycles. The molecule has 2 aromatic rings. The average Bonchev–Trinajstić information content (AvgIpc) is 2.78. The Morgan fingerprint density at radius 3 is 3.00 bits per heavy atom. The predicted octanol–water partition coefficient (Wildman–Crippen LogP) is 2.38. The summed E-state index contributed by atoms with van der Waals surface area (Å²) in [6, 6.07) is 5.12. The first-order chi connectivity index (χ1) is 8.72. The summed E-state index contributed by atoms with van der Waals surface area (Å²) in [6.45, 7) is 3.06. The number of nitrogens with zero attached hydrogens (tertiary/aromatic N) is 2. The normalized spacial score (nSPS) is 10.6. The zero-order chi connectivity index (χ0) is 13.0. The van der Waals surface area contributed by atoms with Crippen molar-refractivity contribution in [3.8, 4) is 5.69 Å². The van der Waals surface area contributed by atoms with Crippen LogP contribution in [0.15, 0.2) is 30.6 Å². The molecular formula is C13H16FN3O. The lowest BCUT2D eigenvalue weighted by molar-refractivity contribution is 0.210. The number of anilines is 1. The second-order valence-electron chi connectivity index (χ2n) is 4.00. The van der Waals surface area contributed by atoms with Crippen molar-refractivity contribution in [3.05, 3.63) is 42.0 Å². The molecule has 0 radical (unpaired) electrons. The molecule has 0 aliphatic carbocycles. The minimum absolute atomic E-state index is 0.261. The van der Waals surface area contributed by atoms with Gasteiger partial charge in [-0.15, -0.1) is 0 Å². The number of halogens is 1. The van der Waals surface area contributed by atoms with Crippen LogP contribution in [0.4, 0.5) is 10.3 Å². The Hall–Kier alpha value is -1.88. The Morgan fingerprint density at radius 2 is 2.28 bits per heavy atom. The Balaban J connectivity index is 2.25. The number of hydrogen-bond acceptors (Lipinski definition) is 3. The predicted molar refractivity (Wildman–Crippen MR) is 68.6 cm³/mol. The molecule has 1 aromatic heterocycles. The van der Waals surface area contributed by atoms with Gasteiger partial charge in [-0.3, -0.25) is 4.57 Å². The van der Waals surface area contributed by atoms with E-state index in [4.69, 9.17) is 4.74 Å². The topological polar surface area (TPSA) is 39.1 Å². The van der Waals surface area contributed by atoms with Crippen molar-refractivity contribution in [2.75, 3.05) is 25.6 Å². The fraction of sp³-hybridized carbons (Fsp3) is 0.308. The van der Waals surface area contributed by atoms with Crippen LogP contribution in [-0.2, 0) is 4.74 Å². The summed E-state index contributed by atoms with van der Waals surface area (Å²) >= 11 is 0. The third-order valence-corrected chi connectivity index (χ3v) is 2.59. The van der Waals surface area contributed by atoms with Crippen LogP contribution >= 0.6 is 0 Å². The van der Waals surface area contributed by atoms with Crippen LogP contribution in [-0.4, -0.2) is 29.8 Å². The SMILES string of the molecule is COCCNc1nccn1-c1ccc(C)cc1F. The minimum atomic E-state index is -0.261. The molecule has 2 rings (SSSR count). The van der Waals surface area contributed by atoms with Gasteiger partial charge >= 0.3 is 0 Å². The van der Waals surface area contributed by atoms with Gasteiger partial charge in [0.25, 0.3) is 0 Å². The fourth-order valence-electron chi connectivity index (χ4n) is 1.70. The number of hydrogen-bond donors (Lipinski definition) is 1. The summed E-state index contributed by atoms with van der Waals surface area (Å²) in [5, 5.41) is 3.09. The summed E-state index contributed by atoms with van der Waals surface area (Å²) in [4.78, 5) is 4.16. The largest absolute Gasteiger partial charge is 0.383 e. The van der Waals surface area contributed by atoms with Crippen molar-refractivity contribution in [2.45, 2.75) is 6.92 Å². The second-order valence-corrected chi connectivity index (χ2v) is 4.00. The van der Waals surface area contributed by atoms with E-state index < -0.39 is 0 Å². The van der Waals surface area contributed by atoms with E-state index in [9.17, 15) is 4.39 Å². The first kappa shape index (κ1) is 12.6. The zero-order valence-electron chi connectivity index (χ0n) is 10.5. The Morgan fingerprint density at radius 1 is 1.44 bits per heavy atom. The van der Waals surface area contributed by atoms with Crippen LogP contribution < -0.4 is 5.32 Å². The molecule has 0 atom stereocenters. The van der Waals surface area contributed by atoms with Crippen LogP contribution in [0.2, 0.25) is 0 Å². The van der Waals surface area contributed by atoms with Crippen LogP contribution in [0.3, 0.4) is 0 Å². The number of aromatic nitrogens is 2. The van der Waals surface area contributed by atoms with Gasteiger partial charge < -0.3 is 10.1 Å². The molecule has 0 bridgehead atoms. The Bertz CT molecular complexity index is 525. The number of ether oxygens (including phenoxy) is 1. The van der Waals surface area contributed by atoms with E-state index in [2.05, 4.69) is 10.3 Å². The number of aryl methyl sites for hydroxylation is 1. The zero-order valence-corrected chi connectivity index (χ0v) is 10.5. The highest BCUT2D eigenvalue weighted by molar-refractivity contribution is 5.43. The van der Waals surface area contributed by atoms with E-state index in [-0.39, 0.29) is 5.82 Å². The lowest BCUT2D eigenvalue weighted by Crippen LogP contribution is -2.12. The highest BCUT2D eigenvalue weighted by Gasteiger charge is 2.08. The smallest absolute Gasteiger partial charge is 0.207 e. The van der Waals surface area contributed by atoms with Gasteiger partial charge in [-0.1, -0.05) is 6.07 Å². The summed E-state index contributed by atoms with van der Waals surface area (Å²) in [6.07, 6.45) is 3.36. The molecule has 0 saturated carbocycles. The van der Waals surface area contributed by atoms with Gasteiger partial charge in [-0.05, 0) is 24.6 Å². The van der Waals surface area contributed by atoms with E-state index in [0.717, 1.165) is 5.56 Å². The number of rotatable bonds is 5. The lowest BCUT2D eigenvalue weighted by Gasteiger charge is -2.10. The highest BCUT2D eigenvalue weighted by Crippen LogP contribution is 2.18. The number of methoxy groups -OCH3 is 1. The summed E-state index contributed by atoms with van der Waals surface area (Å²) in [5.41, 5.74) is 1.38. The third-order valence-electron chi connectivity index (χ3n) is 2.59. The van der Waals surface area contributed by atoms with E-state index in [0.29, 0.717) is 24.8 Å². The molecule has 1 N–H and O–H groups in total. The Labute approximate surface area is 105 Å². The fourth-order valence-corrected chi connectivity index (χ4v) is 1.70. The first-order valence-electron chi connectivity index (χ1n) is 5.75. The maximum absolute atomic E-state index is 13.9. The van der Waals surface area contributed by atoms with Gasteiger partial charge in [0.15, 0.2) is 0 Å². The second kappa shape index (κ2) is 5.64. The quantitative estimate of drug-likeness (QED) is 0.827. The third kappa shape index (κ3) is 2.68. The molecule has 18 heavy (non-hydrogen) atoms. The van der Waals surface area contributed by atoms with Gasteiger partial charge in [0.1, 0.15) is 5.82 Å². The molecule has 0 aliphatic rings. The van der Waals surface area contributed by atoms with E-state index in [1.54, 1.807) is 30.1 Å². The molecule has 4 nitrogen and oxygen atoms in total. The van der Waals surface area contributed by atoms with E-state index >= 15 is 0 Å². The molecule has 1 aromatic carbocycles. The molecule has 96 valence electrons. The van der Waals surface area contributed by atoms with Gasteiger partial charge in [-0.2, -0.15) is 0 Å². The van der Waals surface area contributed by atoms with Gasteiger partial charge in [0, 0.05) is 26.0 Å². The molecule has 0 aliphatic heterocycles. The van der Waals surface area contributed by atoms with Crippen molar-refractivity contribution in [1.29, 1.82) is 0 Å². The van der Waals surface area contributed by atoms with E-state index in [1.807, 2.05) is 13.0 Å². The van der Waals surface area contributed by atoms with Crippen molar-refractivity contribution in [2.24, 2.45) is 0 Å². The van der Waals surface area contributed by atoms with Gasteiger partial charge in [0.2, 0.25) is 5.95 Å².